The van der Waals surface area contributed by atoms with Gasteiger partial charge in [0.15, 0.2) is 5.82 Å². The van der Waals surface area contributed by atoms with Gasteiger partial charge in [-0.25, -0.2) is 8.42 Å². The highest BCUT2D eigenvalue weighted by Crippen LogP contribution is 2.16. The second-order valence-electron chi connectivity index (χ2n) is 5.54. The summed E-state index contributed by atoms with van der Waals surface area (Å²) in [6, 6.07) is 11.8. The summed E-state index contributed by atoms with van der Waals surface area (Å²) in [5.41, 5.74) is 5.99. The molecule has 15 heteroatoms. The van der Waals surface area contributed by atoms with E-state index < -0.39 is 26.1 Å². The Bertz CT molecular complexity index is 1170. The molecule has 0 radical (unpaired) electrons. The molecule has 31 heavy (non-hydrogen) atoms. The van der Waals surface area contributed by atoms with Crippen LogP contribution in [0.3, 0.4) is 0 Å². The summed E-state index contributed by atoms with van der Waals surface area (Å²) in [7, 11) is -6.36. The molecule has 2 aromatic heterocycles. The minimum Gasteiger partial charge on any atom is -0.480 e. The third-order valence-corrected chi connectivity index (χ3v) is 4.97. The van der Waals surface area contributed by atoms with Gasteiger partial charge in [-0.2, -0.15) is 13.5 Å². The number of rotatable bonds is 7. The average molecular weight is 470 g/mol. The van der Waals surface area contributed by atoms with Crippen molar-refractivity contribution in [1.29, 1.82) is 0 Å². The molecule has 0 aliphatic heterocycles. The molecule has 2 heterocycles. The first-order chi connectivity index (χ1) is 14.6. The predicted octanol–water partition coefficient (Wildman–Crippen LogP) is 0.569. The number of nitrogens with two attached hydrogens (primary N) is 1. The highest BCUT2D eigenvalue weighted by Gasteiger charge is 2.14. The topological polar surface area (TPSA) is 197 Å². The molecule has 0 aliphatic rings. The van der Waals surface area contributed by atoms with E-state index in [1.165, 1.54) is 61.8 Å². The van der Waals surface area contributed by atoms with Crippen LogP contribution in [0, 0.1) is 0 Å². The van der Waals surface area contributed by atoms with Crippen LogP contribution in [0.25, 0.3) is 0 Å². The van der Waals surface area contributed by atoms with Gasteiger partial charge in [-0.15, -0.1) is 15.3 Å². The average Bonchev–Trinajstić information content (AvgIpc) is 2.74. The van der Waals surface area contributed by atoms with Crippen LogP contribution in [0.4, 0.5) is 11.5 Å². The Morgan fingerprint density at radius 1 is 0.968 bits per heavy atom. The summed E-state index contributed by atoms with van der Waals surface area (Å²) in [5, 5.41) is 14.2. The van der Waals surface area contributed by atoms with Crippen LogP contribution in [0.5, 0.6) is 11.8 Å². The fourth-order valence-corrected chi connectivity index (χ4v) is 3.09. The molecule has 0 bridgehead atoms. The van der Waals surface area contributed by atoms with Crippen molar-refractivity contribution in [3.63, 3.8) is 0 Å². The van der Waals surface area contributed by atoms with Gasteiger partial charge in [0.25, 0.3) is 10.0 Å². The molecule has 0 fully saturated rings. The Kier molecular flexibility index (Phi) is 8.00. The van der Waals surface area contributed by atoms with Gasteiger partial charge >= 0.3 is 10.1 Å². The zero-order chi connectivity index (χ0) is 22.9. The lowest BCUT2D eigenvalue weighted by Gasteiger charge is -2.07. The molecule has 0 saturated carbocycles. The molecule has 0 aliphatic carbocycles. The number of methoxy groups -OCH3 is 1. The first kappa shape index (κ1) is 23.7. The van der Waals surface area contributed by atoms with Crippen LogP contribution in [-0.2, 0) is 20.1 Å². The summed E-state index contributed by atoms with van der Waals surface area (Å²) in [6.45, 7) is 0. The van der Waals surface area contributed by atoms with Gasteiger partial charge in [0.05, 0.1) is 12.0 Å². The first-order valence-electron chi connectivity index (χ1n) is 8.21. The second-order valence-corrected chi connectivity index (χ2v) is 8.62. The molecule has 4 N–H and O–H groups in total. The van der Waals surface area contributed by atoms with E-state index in [0.717, 1.165) is 0 Å². The number of anilines is 2. The number of nitrogens with one attached hydrogen (secondary N) is 1. The molecule has 13 nitrogen and oxygen atoms in total. The van der Waals surface area contributed by atoms with Crippen LogP contribution >= 0.6 is 0 Å². The second kappa shape index (κ2) is 10.5. The summed E-state index contributed by atoms with van der Waals surface area (Å²) in [5.74, 6) is -0.353. The van der Waals surface area contributed by atoms with Crippen LogP contribution in [-0.4, -0.2) is 54.8 Å². The van der Waals surface area contributed by atoms with Crippen molar-refractivity contribution in [1.82, 2.24) is 20.4 Å². The number of benzene rings is 1. The number of hydrogen-bond acceptors (Lipinski definition) is 11. The SMILES string of the molecule is COc1ccc(NS(=O)(=O)c2ccc(N)cc2)nn1.O=S(=O)(O)COc1cccnn1. The van der Waals surface area contributed by atoms with Crippen LogP contribution in [0.2, 0.25) is 0 Å². The Labute approximate surface area is 178 Å². The van der Waals surface area contributed by atoms with Gasteiger partial charge in [0, 0.05) is 24.0 Å². The van der Waals surface area contributed by atoms with E-state index in [2.05, 4.69) is 29.9 Å². The largest absolute Gasteiger partial charge is 0.480 e. The van der Waals surface area contributed by atoms with Crippen LogP contribution in [0.15, 0.2) is 59.6 Å². The van der Waals surface area contributed by atoms with E-state index in [-0.39, 0.29) is 16.6 Å². The Morgan fingerprint density at radius 3 is 2.19 bits per heavy atom. The minimum absolute atomic E-state index is 0.0510. The summed E-state index contributed by atoms with van der Waals surface area (Å²) < 4.78 is 64.4. The van der Waals surface area contributed by atoms with Gasteiger partial charge in [0.1, 0.15) is 0 Å². The Morgan fingerprint density at radius 2 is 1.68 bits per heavy atom. The number of ether oxygens (including phenoxy) is 2. The van der Waals surface area contributed by atoms with E-state index in [1.807, 2.05) is 0 Å². The van der Waals surface area contributed by atoms with Crippen molar-refractivity contribution in [3.05, 3.63) is 54.7 Å². The smallest absolute Gasteiger partial charge is 0.300 e. The van der Waals surface area contributed by atoms with E-state index in [1.54, 1.807) is 0 Å². The highest BCUT2D eigenvalue weighted by atomic mass is 32.2. The van der Waals surface area contributed by atoms with Crippen molar-refractivity contribution < 1.29 is 30.9 Å². The third kappa shape index (κ3) is 8.37. The van der Waals surface area contributed by atoms with Crippen molar-refractivity contribution >= 4 is 31.6 Å². The van der Waals surface area contributed by atoms with E-state index in [4.69, 9.17) is 15.0 Å². The molecule has 1 aromatic carbocycles. The molecule has 3 rings (SSSR count). The number of nitrogens with zero attached hydrogens (tertiary/aromatic N) is 4. The van der Waals surface area contributed by atoms with Gasteiger partial charge in [-0.3, -0.25) is 9.27 Å². The maximum atomic E-state index is 12.0. The molecule has 0 atom stereocenters. The number of hydrogen-bond donors (Lipinski definition) is 3. The fraction of sp³-hybridized carbons (Fsp3) is 0.125. The zero-order valence-corrected chi connectivity index (χ0v) is 17.6. The van der Waals surface area contributed by atoms with Crippen molar-refractivity contribution in [2.45, 2.75) is 4.90 Å². The molecular weight excluding hydrogens is 452 g/mol. The first-order valence-corrected chi connectivity index (χ1v) is 11.3. The molecule has 0 amide bonds. The van der Waals surface area contributed by atoms with Crippen molar-refractivity contribution in [2.24, 2.45) is 0 Å². The summed E-state index contributed by atoms with van der Waals surface area (Å²) in [6.07, 6.45) is 1.42. The molecule has 3 aromatic rings. The number of sulfonamides is 1. The van der Waals surface area contributed by atoms with Gasteiger partial charge in [0.2, 0.25) is 17.7 Å². The zero-order valence-electron chi connectivity index (χ0n) is 16.0. The summed E-state index contributed by atoms with van der Waals surface area (Å²) >= 11 is 0. The monoisotopic (exact) mass is 470 g/mol. The van der Waals surface area contributed by atoms with E-state index >= 15 is 0 Å². The normalized spacial score (nSPS) is 11.0. The molecule has 0 saturated heterocycles. The van der Waals surface area contributed by atoms with Crippen LogP contribution in [0.1, 0.15) is 0 Å². The van der Waals surface area contributed by atoms with Gasteiger partial charge < -0.3 is 15.2 Å². The van der Waals surface area contributed by atoms with Gasteiger partial charge in [-0.05, 0) is 36.4 Å². The van der Waals surface area contributed by atoms with Crippen molar-refractivity contribution in [2.75, 3.05) is 23.5 Å². The minimum atomic E-state index is -4.11. The molecule has 0 unspecified atom stereocenters. The highest BCUT2D eigenvalue weighted by molar-refractivity contribution is 7.92. The number of nitrogen functional groups attached to an aromatic ring is 1. The Balaban J connectivity index is 0.000000245. The van der Waals surface area contributed by atoms with E-state index in [9.17, 15) is 16.8 Å². The van der Waals surface area contributed by atoms with Gasteiger partial charge in [-0.1, -0.05) is 0 Å². The fourth-order valence-electron chi connectivity index (χ4n) is 1.83. The lowest BCUT2D eigenvalue weighted by molar-refractivity contribution is 0.337. The molecular formula is C16H18N6O7S2. The molecule has 166 valence electrons. The lowest BCUT2D eigenvalue weighted by Crippen LogP contribution is -2.14. The maximum Gasteiger partial charge on any atom is 0.300 e. The third-order valence-electron chi connectivity index (χ3n) is 3.18. The van der Waals surface area contributed by atoms with Crippen molar-refractivity contribution in [3.8, 4) is 11.8 Å². The van der Waals surface area contributed by atoms with Crippen LogP contribution < -0.4 is 19.9 Å². The summed E-state index contributed by atoms with van der Waals surface area (Å²) in [4.78, 5) is 0.0966. The lowest BCUT2D eigenvalue weighted by atomic mass is 10.3. The maximum absolute atomic E-state index is 12.0. The predicted molar refractivity (Wildman–Crippen MR) is 109 cm³/mol. The standard InChI is InChI=1S/C11H12N4O3S.C5H6N2O4S/c1-18-11-7-6-10(13-14-11)15-19(16,17)9-4-2-8(12)3-5-9;8-12(9,10)4-11-5-2-1-3-6-7-5/h2-7H,12H2,1H3,(H,13,15);1-3H,4H2,(H,8,9,10). The Hall–Kier alpha value is -3.56. The number of aromatic nitrogens is 4. The van der Waals surface area contributed by atoms with E-state index in [0.29, 0.717) is 11.6 Å². The quantitative estimate of drug-likeness (QED) is 0.321. The molecule has 0 spiro atoms.